The Morgan fingerprint density at radius 1 is 1.00 bits per heavy atom. The van der Waals surface area contributed by atoms with Gasteiger partial charge in [-0.25, -0.2) is 13.6 Å². The van der Waals surface area contributed by atoms with E-state index in [2.05, 4.69) is 10.6 Å². The van der Waals surface area contributed by atoms with Crippen LogP contribution in [0.15, 0.2) is 59.2 Å². The van der Waals surface area contributed by atoms with Crippen molar-refractivity contribution in [3.8, 4) is 0 Å². The number of halogens is 2. The number of aryl methyl sites for hydroxylation is 1. The van der Waals surface area contributed by atoms with Crippen LogP contribution in [-0.4, -0.2) is 24.4 Å². The molecule has 0 saturated heterocycles. The highest BCUT2D eigenvalue weighted by Gasteiger charge is 2.15. The standard InChI is InChI=1S/C21H16F2N2O5/c1-12-4-5-13(9-17(12)25-20(27)18-3-2-8-29-18)21(28)30-11-19(26)24-16-7-6-14(22)10-15(16)23/h2-10H,11H2,1H3,(H,24,26)(H,25,27). The Bertz CT molecular complexity index is 1100. The van der Waals surface area contributed by atoms with Crippen LogP contribution in [0.5, 0.6) is 0 Å². The van der Waals surface area contributed by atoms with Crippen molar-refractivity contribution in [3.05, 3.63) is 83.3 Å². The molecule has 0 atom stereocenters. The first kappa shape index (κ1) is 20.7. The summed E-state index contributed by atoms with van der Waals surface area (Å²) in [5.41, 5.74) is 0.909. The second kappa shape index (κ2) is 8.99. The van der Waals surface area contributed by atoms with Gasteiger partial charge in [0, 0.05) is 11.8 Å². The Kier molecular flexibility index (Phi) is 6.21. The number of anilines is 2. The highest BCUT2D eigenvalue weighted by molar-refractivity contribution is 6.03. The average Bonchev–Trinajstić information content (AvgIpc) is 3.25. The number of hydrogen-bond acceptors (Lipinski definition) is 5. The van der Waals surface area contributed by atoms with Gasteiger partial charge in [-0.1, -0.05) is 6.07 Å². The predicted molar refractivity (Wildman–Crippen MR) is 103 cm³/mol. The largest absolute Gasteiger partial charge is 0.459 e. The summed E-state index contributed by atoms with van der Waals surface area (Å²) in [7, 11) is 0. The lowest BCUT2D eigenvalue weighted by molar-refractivity contribution is -0.119. The van der Waals surface area contributed by atoms with Crippen LogP contribution in [0, 0.1) is 18.6 Å². The van der Waals surface area contributed by atoms with Crippen molar-refractivity contribution in [1.29, 1.82) is 0 Å². The fourth-order valence-electron chi connectivity index (χ4n) is 2.47. The molecule has 0 unspecified atom stereocenters. The summed E-state index contributed by atoms with van der Waals surface area (Å²) in [5.74, 6) is -3.75. The Morgan fingerprint density at radius 2 is 1.80 bits per heavy atom. The fourth-order valence-corrected chi connectivity index (χ4v) is 2.47. The van der Waals surface area contributed by atoms with E-state index in [1.807, 2.05) is 0 Å². The number of carbonyl (C=O) groups excluding carboxylic acids is 3. The zero-order valence-electron chi connectivity index (χ0n) is 15.7. The van der Waals surface area contributed by atoms with Crippen LogP contribution in [0.4, 0.5) is 20.2 Å². The molecule has 0 spiro atoms. The van der Waals surface area contributed by atoms with Crippen molar-refractivity contribution in [3.63, 3.8) is 0 Å². The Balaban J connectivity index is 1.61. The summed E-state index contributed by atoms with van der Waals surface area (Å²) in [6.07, 6.45) is 1.36. The fraction of sp³-hybridized carbons (Fsp3) is 0.0952. The first-order chi connectivity index (χ1) is 14.3. The van der Waals surface area contributed by atoms with Crippen molar-refractivity contribution in [1.82, 2.24) is 0 Å². The first-order valence-electron chi connectivity index (χ1n) is 8.71. The van der Waals surface area contributed by atoms with Gasteiger partial charge < -0.3 is 19.8 Å². The van der Waals surface area contributed by atoms with Gasteiger partial charge in [-0.15, -0.1) is 0 Å². The van der Waals surface area contributed by atoms with E-state index in [0.717, 1.165) is 12.1 Å². The number of nitrogens with one attached hydrogen (secondary N) is 2. The van der Waals surface area contributed by atoms with Gasteiger partial charge in [0.2, 0.25) is 0 Å². The number of carbonyl (C=O) groups is 3. The van der Waals surface area contributed by atoms with Crippen LogP contribution in [-0.2, 0) is 9.53 Å². The molecule has 0 saturated carbocycles. The summed E-state index contributed by atoms with van der Waals surface area (Å²) >= 11 is 0. The van der Waals surface area contributed by atoms with E-state index in [1.165, 1.54) is 24.5 Å². The number of hydrogen-bond donors (Lipinski definition) is 2. The van der Waals surface area contributed by atoms with E-state index in [-0.39, 0.29) is 17.0 Å². The lowest BCUT2D eigenvalue weighted by Crippen LogP contribution is -2.21. The van der Waals surface area contributed by atoms with Gasteiger partial charge in [0.1, 0.15) is 11.6 Å². The van der Waals surface area contributed by atoms with Gasteiger partial charge in [-0.05, 0) is 48.9 Å². The summed E-state index contributed by atoms with van der Waals surface area (Å²) in [6, 6.07) is 10.2. The Hall–Kier alpha value is -4.01. The average molecular weight is 414 g/mol. The van der Waals surface area contributed by atoms with Crippen molar-refractivity contribution in [2.24, 2.45) is 0 Å². The zero-order valence-corrected chi connectivity index (χ0v) is 15.7. The number of benzene rings is 2. The third-order valence-electron chi connectivity index (χ3n) is 4.01. The lowest BCUT2D eigenvalue weighted by Gasteiger charge is -2.10. The van der Waals surface area contributed by atoms with Gasteiger partial charge >= 0.3 is 5.97 Å². The normalized spacial score (nSPS) is 10.4. The van der Waals surface area contributed by atoms with Crippen molar-refractivity contribution < 1.29 is 32.3 Å². The van der Waals surface area contributed by atoms with Gasteiger partial charge in [0.15, 0.2) is 12.4 Å². The minimum Gasteiger partial charge on any atom is -0.459 e. The van der Waals surface area contributed by atoms with Crippen LogP contribution in [0.2, 0.25) is 0 Å². The van der Waals surface area contributed by atoms with Crippen molar-refractivity contribution >= 4 is 29.2 Å². The van der Waals surface area contributed by atoms with Crippen LogP contribution in [0.3, 0.4) is 0 Å². The van der Waals surface area contributed by atoms with E-state index in [9.17, 15) is 23.2 Å². The minimum atomic E-state index is -0.954. The topological polar surface area (TPSA) is 97.6 Å². The monoisotopic (exact) mass is 414 g/mol. The second-order valence-electron chi connectivity index (χ2n) is 6.21. The van der Waals surface area contributed by atoms with Gasteiger partial charge in [0.05, 0.1) is 17.5 Å². The Labute approximate surface area is 169 Å². The summed E-state index contributed by atoms with van der Waals surface area (Å²) in [6.45, 7) is 1.05. The van der Waals surface area contributed by atoms with E-state index in [4.69, 9.17) is 9.15 Å². The SMILES string of the molecule is Cc1ccc(C(=O)OCC(=O)Nc2ccc(F)cc2F)cc1NC(=O)c1ccco1. The molecule has 0 bridgehead atoms. The van der Waals surface area contributed by atoms with Gasteiger partial charge in [0.25, 0.3) is 11.8 Å². The van der Waals surface area contributed by atoms with E-state index in [1.54, 1.807) is 19.1 Å². The number of amides is 2. The molecule has 0 aliphatic rings. The predicted octanol–water partition coefficient (Wildman–Crippen LogP) is 3.91. The third-order valence-corrected chi connectivity index (χ3v) is 4.01. The maximum atomic E-state index is 13.6. The highest BCUT2D eigenvalue weighted by Crippen LogP contribution is 2.19. The third kappa shape index (κ3) is 5.07. The smallest absolute Gasteiger partial charge is 0.338 e. The number of esters is 1. The molecule has 2 aromatic carbocycles. The van der Waals surface area contributed by atoms with E-state index in [0.29, 0.717) is 17.3 Å². The molecule has 30 heavy (non-hydrogen) atoms. The van der Waals surface area contributed by atoms with Gasteiger partial charge in [-0.3, -0.25) is 9.59 Å². The molecule has 154 valence electrons. The number of ether oxygens (including phenoxy) is 1. The summed E-state index contributed by atoms with van der Waals surface area (Å²) in [5, 5.41) is 4.81. The van der Waals surface area contributed by atoms with Crippen molar-refractivity contribution in [2.45, 2.75) is 6.92 Å². The van der Waals surface area contributed by atoms with Crippen LogP contribution < -0.4 is 10.6 Å². The van der Waals surface area contributed by atoms with Crippen LogP contribution in [0.1, 0.15) is 26.5 Å². The summed E-state index contributed by atoms with van der Waals surface area (Å²) in [4.78, 5) is 36.2. The molecule has 2 N–H and O–H groups in total. The maximum Gasteiger partial charge on any atom is 0.338 e. The number of rotatable bonds is 6. The molecule has 7 nitrogen and oxygen atoms in total. The first-order valence-corrected chi connectivity index (χ1v) is 8.71. The number of furan rings is 1. The lowest BCUT2D eigenvalue weighted by atomic mass is 10.1. The molecule has 1 heterocycles. The van der Waals surface area contributed by atoms with Crippen molar-refractivity contribution in [2.75, 3.05) is 17.2 Å². The quantitative estimate of drug-likeness (QED) is 0.596. The minimum absolute atomic E-state index is 0.0936. The molecule has 0 aliphatic carbocycles. The van der Waals surface area contributed by atoms with Gasteiger partial charge in [-0.2, -0.15) is 0 Å². The van der Waals surface area contributed by atoms with Crippen LogP contribution >= 0.6 is 0 Å². The Morgan fingerprint density at radius 3 is 2.50 bits per heavy atom. The molecule has 2 amide bonds. The molecular weight excluding hydrogens is 398 g/mol. The molecule has 9 heteroatoms. The second-order valence-corrected chi connectivity index (χ2v) is 6.21. The molecular formula is C21H16F2N2O5. The zero-order chi connectivity index (χ0) is 21.7. The van der Waals surface area contributed by atoms with E-state index < -0.39 is 36.0 Å². The molecule has 3 aromatic rings. The summed E-state index contributed by atoms with van der Waals surface area (Å²) < 4.78 is 36.4. The maximum absolute atomic E-state index is 13.6. The molecule has 1 aromatic heterocycles. The molecule has 0 fully saturated rings. The molecule has 0 radical (unpaired) electrons. The van der Waals surface area contributed by atoms with E-state index >= 15 is 0 Å². The highest BCUT2D eigenvalue weighted by atomic mass is 19.1. The molecule has 3 rings (SSSR count). The molecule has 0 aliphatic heterocycles. The van der Waals surface area contributed by atoms with Crippen LogP contribution in [0.25, 0.3) is 0 Å².